The highest BCUT2D eigenvalue weighted by Crippen LogP contribution is 2.33. The van der Waals surface area contributed by atoms with Gasteiger partial charge in [-0.1, -0.05) is 25.9 Å². The van der Waals surface area contributed by atoms with Crippen molar-refractivity contribution in [2.45, 2.75) is 64.3 Å². The van der Waals surface area contributed by atoms with Crippen LogP contribution in [0.15, 0.2) is 21.3 Å². The molecule has 24 heavy (non-hydrogen) atoms. The topological polar surface area (TPSA) is 59.2 Å². The fourth-order valence-corrected chi connectivity index (χ4v) is 3.78. The predicted molar refractivity (Wildman–Crippen MR) is 93.9 cm³/mol. The Morgan fingerprint density at radius 1 is 1.46 bits per heavy atom. The summed E-state index contributed by atoms with van der Waals surface area (Å²) in [6.07, 6.45) is 4.10. The summed E-state index contributed by atoms with van der Waals surface area (Å²) in [5.41, 5.74) is 1.17. The van der Waals surface area contributed by atoms with Crippen LogP contribution in [0.25, 0.3) is 0 Å². The van der Waals surface area contributed by atoms with Crippen LogP contribution >= 0.6 is 11.3 Å². The summed E-state index contributed by atoms with van der Waals surface area (Å²) in [5.74, 6) is 1.59. The highest BCUT2D eigenvalue weighted by atomic mass is 32.1. The Bertz CT molecular complexity index is 673. The third kappa shape index (κ3) is 3.86. The standard InChI is InChI=1S/C18H25N3O2S/c1-18(2,3)17-19-15(23-20-17)7-4-8-16(22)21-10-5-6-14(21)13-9-11-24-12-13/h9,11-12,14H,4-8,10H2,1-3H3. The van der Waals surface area contributed by atoms with Crippen LogP contribution < -0.4 is 0 Å². The van der Waals surface area contributed by atoms with Gasteiger partial charge in [0.1, 0.15) is 0 Å². The van der Waals surface area contributed by atoms with Crippen LogP contribution in [0.3, 0.4) is 0 Å². The molecule has 1 atom stereocenters. The summed E-state index contributed by atoms with van der Waals surface area (Å²) in [6, 6.07) is 2.40. The number of amides is 1. The molecule has 2 aromatic heterocycles. The lowest BCUT2D eigenvalue weighted by molar-refractivity contribution is -0.132. The Morgan fingerprint density at radius 3 is 2.96 bits per heavy atom. The van der Waals surface area contributed by atoms with E-state index in [9.17, 15) is 4.79 Å². The van der Waals surface area contributed by atoms with E-state index in [-0.39, 0.29) is 17.4 Å². The lowest BCUT2D eigenvalue weighted by Gasteiger charge is -2.24. The van der Waals surface area contributed by atoms with Gasteiger partial charge in [-0.15, -0.1) is 0 Å². The van der Waals surface area contributed by atoms with E-state index in [0.717, 1.165) is 31.6 Å². The number of rotatable bonds is 5. The van der Waals surface area contributed by atoms with Gasteiger partial charge in [0.2, 0.25) is 11.8 Å². The molecular formula is C18H25N3O2S. The first-order valence-corrected chi connectivity index (χ1v) is 9.54. The monoisotopic (exact) mass is 347 g/mol. The molecule has 1 aliphatic rings. The lowest BCUT2D eigenvalue weighted by atomic mass is 9.96. The number of likely N-dealkylation sites (tertiary alicyclic amines) is 1. The van der Waals surface area contributed by atoms with Crippen molar-refractivity contribution in [3.05, 3.63) is 34.1 Å². The van der Waals surface area contributed by atoms with Crippen molar-refractivity contribution in [2.75, 3.05) is 6.54 Å². The van der Waals surface area contributed by atoms with Gasteiger partial charge in [-0.3, -0.25) is 4.79 Å². The van der Waals surface area contributed by atoms with Crippen LogP contribution in [0.1, 0.15) is 69.8 Å². The smallest absolute Gasteiger partial charge is 0.226 e. The average molecular weight is 347 g/mol. The molecule has 5 nitrogen and oxygen atoms in total. The average Bonchev–Trinajstić information content (AvgIpc) is 3.26. The maximum Gasteiger partial charge on any atom is 0.226 e. The second kappa shape index (κ2) is 7.05. The van der Waals surface area contributed by atoms with Gasteiger partial charge in [0, 0.05) is 24.8 Å². The van der Waals surface area contributed by atoms with Crippen LogP contribution in [0.4, 0.5) is 0 Å². The molecule has 3 rings (SSSR count). The summed E-state index contributed by atoms with van der Waals surface area (Å²) in [4.78, 5) is 19.0. The third-order valence-electron chi connectivity index (χ3n) is 4.42. The van der Waals surface area contributed by atoms with Crippen molar-refractivity contribution in [1.82, 2.24) is 15.0 Å². The van der Waals surface area contributed by atoms with Gasteiger partial charge < -0.3 is 9.42 Å². The largest absolute Gasteiger partial charge is 0.339 e. The van der Waals surface area contributed by atoms with E-state index in [1.807, 2.05) is 4.90 Å². The molecule has 1 aliphatic heterocycles. The summed E-state index contributed by atoms with van der Waals surface area (Å²) in [6.45, 7) is 7.05. The van der Waals surface area contributed by atoms with Gasteiger partial charge in [0.15, 0.2) is 5.82 Å². The Hall–Kier alpha value is -1.69. The first kappa shape index (κ1) is 17.1. The maximum atomic E-state index is 12.6. The molecule has 1 saturated heterocycles. The molecule has 0 aromatic carbocycles. The fourth-order valence-electron chi connectivity index (χ4n) is 3.07. The fraction of sp³-hybridized carbons (Fsp3) is 0.611. The molecule has 1 fully saturated rings. The molecule has 0 saturated carbocycles. The Labute approximate surface area is 147 Å². The Morgan fingerprint density at radius 2 is 2.29 bits per heavy atom. The van der Waals surface area contributed by atoms with E-state index in [4.69, 9.17) is 4.52 Å². The minimum Gasteiger partial charge on any atom is -0.339 e. The predicted octanol–water partition coefficient (Wildman–Crippen LogP) is 4.12. The molecule has 130 valence electrons. The van der Waals surface area contributed by atoms with Crippen molar-refractivity contribution >= 4 is 17.2 Å². The number of carbonyl (C=O) groups is 1. The van der Waals surface area contributed by atoms with Crippen LogP contribution in [0.5, 0.6) is 0 Å². The molecule has 1 unspecified atom stereocenters. The van der Waals surface area contributed by atoms with Gasteiger partial charge in [-0.2, -0.15) is 16.3 Å². The molecule has 0 radical (unpaired) electrons. The van der Waals surface area contributed by atoms with Crippen molar-refractivity contribution < 1.29 is 9.32 Å². The number of aromatic nitrogens is 2. The van der Waals surface area contributed by atoms with Gasteiger partial charge in [0.05, 0.1) is 6.04 Å². The molecule has 0 spiro atoms. The van der Waals surface area contributed by atoms with Gasteiger partial charge in [-0.05, 0) is 41.7 Å². The zero-order chi connectivity index (χ0) is 17.2. The number of nitrogens with zero attached hydrogens (tertiary/aromatic N) is 3. The van der Waals surface area contributed by atoms with Crippen molar-refractivity contribution in [3.63, 3.8) is 0 Å². The SMILES string of the molecule is CC(C)(C)c1noc(CCCC(=O)N2CCCC2c2ccsc2)n1. The number of carbonyl (C=O) groups excluding carboxylic acids is 1. The summed E-state index contributed by atoms with van der Waals surface area (Å²) < 4.78 is 5.29. The lowest BCUT2D eigenvalue weighted by Crippen LogP contribution is -2.30. The third-order valence-corrected chi connectivity index (χ3v) is 5.12. The molecule has 1 amide bonds. The van der Waals surface area contributed by atoms with Crippen molar-refractivity contribution in [2.24, 2.45) is 0 Å². The van der Waals surface area contributed by atoms with Gasteiger partial charge in [0.25, 0.3) is 0 Å². The molecule has 0 bridgehead atoms. The molecule has 3 heterocycles. The minimum absolute atomic E-state index is 0.110. The number of aryl methyl sites for hydroxylation is 1. The zero-order valence-corrected chi connectivity index (χ0v) is 15.4. The molecule has 0 N–H and O–H groups in total. The van der Waals surface area contributed by atoms with E-state index >= 15 is 0 Å². The number of hydrogen-bond acceptors (Lipinski definition) is 5. The number of thiophene rings is 1. The van der Waals surface area contributed by atoms with E-state index < -0.39 is 0 Å². The highest BCUT2D eigenvalue weighted by Gasteiger charge is 2.29. The van der Waals surface area contributed by atoms with Gasteiger partial charge >= 0.3 is 0 Å². The van der Waals surface area contributed by atoms with Crippen LogP contribution in [-0.4, -0.2) is 27.5 Å². The zero-order valence-electron chi connectivity index (χ0n) is 14.6. The molecular weight excluding hydrogens is 322 g/mol. The highest BCUT2D eigenvalue weighted by molar-refractivity contribution is 7.07. The van der Waals surface area contributed by atoms with Crippen LogP contribution in [-0.2, 0) is 16.6 Å². The van der Waals surface area contributed by atoms with E-state index in [1.54, 1.807) is 11.3 Å². The molecule has 2 aromatic rings. The second-order valence-electron chi connectivity index (χ2n) is 7.42. The number of hydrogen-bond donors (Lipinski definition) is 0. The van der Waals surface area contributed by atoms with Crippen molar-refractivity contribution in [1.29, 1.82) is 0 Å². The van der Waals surface area contributed by atoms with E-state index in [0.29, 0.717) is 18.7 Å². The Balaban J connectivity index is 1.51. The normalized spacial score (nSPS) is 18.3. The maximum absolute atomic E-state index is 12.6. The minimum atomic E-state index is -0.110. The molecule has 6 heteroatoms. The summed E-state index contributed by atoms with van der Waals surface area (Å²) in [7, 11) is 0. The first-order chi connectivity index (χ1) is 11.4. The van der Waals surface area contributed by atoms with Crippen LogP contribution in [0, 0.1) is 0 Å². The second-order valence-corrected chi connectivity index (χ2v) is 8.20. The Kier molecular flexibility index (Phi) is 5.04. The van der Waals surface area contributed by atoms with Gasteiger partial charge in [-0.25, -0.2) is 0 Å². The summed E-state index contributed by atoms with van der Waals surface area (Å²) in [5, 5.41) is 8.27. The van der Waals surface area contributed by atoms with E-state index in [1.165, 1.54) is 5.56 Å². The quantitative estimate of drug-likeness (QED) is 0.816. The van der Waals surface area contributed by atoms with Crippen LogP contribution in [0.2, 0.25) is 0 Å². The first-order valence-electron chi connectivity index (χ1n) is 8.60. The van der Waals surface area contributed by atoms with Crippen molar-refractivity contribution in [3.8, 4) is 0 Å². The molecule has 0 aliphatic carbocycles. The summed E-state index contributed by atoms with van der Waals surface area (Å²) >= 11 is 1.69. The van der Waals surface area contributed by atoms with E-state index in [2.05, 4.69) is 47.7 Å².